The maximum Gasteiger partial charge on any atom is 0.255 e. The van der Waals surface area contributed by atoms with Crippen LogP contribution in [0, 0.1) is 5.92 Å². The van der Waals surface area contributed by atoms with E-state index < -0.39 is 12.1 Å². The lowest BCUT2D eigenvalue weighted by Crippen LogP contribution is -2.58. The number of nitrogens with one attached hydrogen (secondary N) is 3. The van der Waals surface area contributed by atoms with Crippen LogP contribution < -0.4 is 10.6 Å². The van der Waals surface area contributed by atoms with E-state index in [4.69, 9.17) is 0 Å². The van der Waals surface area contributed by atoms with Crippen LogP contribution in [0.1, 0.15) is 59.1 Å². The number of hydrogen-bond donors (Lipinski definition) is 3. The minimum absolute atomic E-state index is 0.0739. The molecule has 2 aliphatic rings. The molecule has 0 fully saturated rings. The number of nitrogens with zero attached hydrogens (tertiary/aromatic N) is 1. The normalized spacial score (nSPS) is 18.9. The first-order chi connectivity index (χ1) is 19.5. The standard InChI is InChI=1S/C33H34N4O3/c1-3-20(2)28(32(39)34-18-17-21-11-5-4-6-12-21)36-31(38)27-19-25-22-13-9-10-16-26(22)35-29(25)30-23-14-7-8-15-24(23)33(40)37(27)30/h4-16,20,27-28,30,35H,3,17-19H2,1-2H3,(H,34,39)(H,36,38)/t20?,27-,28-,30?/m0/s1. The monoisotopic (exact) mass is 534 g/mol. The molecular weight excluding hydrogens is 500 g/mol. The van der Waals surface area contributed by atoms with Gasteiger partial charge in [0.1, 0.15) is 12.1 Å². The molecule has 7 nitrogen and oxygen atoms in total. The van der Waals surface area contributed by atoms with E-state index in [-0.39, 0.29) is 29.7 Å². The van der Waals surface area contributed by atoms with Crippen molar-refractivity contribution in [2.75, 3.05) is 6.54 Å². The Morgan fingerprint density at radius 3 is 2.52 bits per heavy atom. The van der Waals surface area contributed by atoms with Gasteiger partial charge >= 0.3 is 0 Å². The van der Waals surface area contributed by atoms with Crippen molar-refractivity contribution in [1.29, 1.82) is 0 Å². The summed E-state index contributed by atoms with van der Waals surface area (Å²) in [6.45, 7) is 4.46. The van der Waals surface area contributed by atoms with Crippen molar-refractivity contribution in [1.82, 2.24) is 20.5 Å². The van der Waals surface area contributed by atoms with E-state index in [1.165, 1.54) is 0 Å². The van der Waals surface area contributed by atoms with Crippen molar-refractivity contribution in [3.8, 4) is 0 Å². The van der Waals surface area contributed by atoms with Crippen molar-refractivity contribution in [3.05, 3.63) is 107 Å². The van der Waals surface area contributed by atoms with Gasteiger partial charge in [0.15, 0.2) is 0 Å². The molecule has 4 aromatic rings. The number of H-pyrrole nitrogens is 1. The van der Waals surface area contributed by atoms with Gasteiger partial charge in [-0.15, -0.1) is 0 Å². The highest BCUT2D eigenvalue weighted by atomic mass is 16.2. The molecule has 0 saturated heterocycles. The van der Waals surface area contributed by atoms with E-state index in [9.17, 15) is 14.4 Å². The Labute approximate surface area is 234 Å². The molecule has 2 unspecified atom stereocenters. The fourth-order valence-electron chi connectivity index (χ4n) is 6.17. The predicted octanol–water partition coefficient (Wildman–Crippen LogP) is 4.53. The molecule has 3 heterocycles. The Kier molecular flexibility index (Phi) is 6.88. The van der Waals surface area contributed by atoms with Crippen LogP contribution in [-0.2, 0) is 22.4 Å². The van der Waals surface area contributed by atoms with E-state index in [0.29, 0.717) is 24.9 Å². The topological polar surface area (TPSA) is 94.3 Å². The molecule has 1 aromatic heterocycles. The molecule has 3 amide bonds. The van der Waals surface area contributed by atoms with Gasteiger partial charge in [-0.3, -0.25) is 14.4 Å². The number of rotatable bonds is 8. The van der Waals surface area contributed by atoms with Crippen LogP contribution in [0.3, 0.4) is 0 Å². The maximum absolute atomic E-state index is 14.0. The summed E-state index contributed by atoms with van der Waals surface area (Å²) in [6.07, 6.45) is 1.82. The van der Waals surface area contributed by atoms with Gasteiger partial charge in [-0.2, -0.15) is 0 Å². The summed E-state index contributed by atoms with van der Waals surface area (Å²) in [6, 6.07) is 23.8. The average molecular weight is 535 g/mol. The summed E-state index contributed by atoms with van der Waals surface area (Å²) in [5.74, 6) is -0.729. The third kappa shape index (κ3) is 4.45. The number of carbonyl (C=O) groups is 3. The maximum atomic E-state index is 14.0. The second kappa shape index (κ2) is 10.6. The van der Waals surface area contributed by atoms with Gasteiger partial charge in [0.05, 0.1) is 6.04 Å². The minimum Gasteiger partial charge on any atom is -0.356 e. The highest BCUT2D eigenvalue weighted by Crippen LogP contribution is 2.46. The van der Waals surface area contributed by atoms with Crippen LogP contribution in [0.25, 0.3) is 10.9 Å². The Hall–Kier alpha value is -4.39. The smallest absolute Gasteiger partial charge is 0.255 e. The summed E-state index contributed by atoms with van der Waals surface area (Å²) >= 11 is 0. The molecule has 0 radical (unpaired) electrons. The molecule has 2 aliphatic heterocycles. The summed E-state index contributed by atoms with van der Waals surface area (Å²) in [5.41, 5.74) is 5.65. The zero-order valence-electron chi connectivity index (χ0n) is 22.8. The molecule has 0 aliphatic carbocycles. The van der Waals surface area contributed by atoms with Crippen LogP contribution >= 0.6 is 0 Å². The largest absolute Gasteiger partial charge is 0.356 e. The van der Waals surface area contributed by atoms with E-state index >= 15 is 0 Å². The lowest BCUT2D eigenvalue weighted by Gasteiger charge is -2.38. The Bertz CT molecular complexity index is 1580. The average Bonchev–Trinajstić information content (AvgIpc) is 3.51. The zero-order valence-corrected chi connectivity index (χ0v) is 22.8. The molecule has 3 aromatic carbocycles. The van der Waals surface area contributed by atoms with Crippen molar-refractivity contribution in [2.24, 2.45) is 5.92 Å². The van der Waals surface area contributed by atoms with Gasteiger partial charge in [0.25, 0.3) is 5.91 Å². The highest BCUT2D eigenvalue weighted by Gasteiger charge is 2.49. The molecular formula is C33H34N4O3. The van der Waals surface area contributed by atoms with Crippen molar-refractivity contribution < 1.29 is 14.4 Å². The predicted molar refractivity (Wildman–Crippen MR) is 155 cm³/mol. The van der Waals surface area contributed by atoms with E-state index in [2.05, 4.69) is 21.7 Å². The third-order valence-electron chi connectivity index (χ3n) is 8.50. The Morgan fingerprint density at radius 1 is 1.00 bits per heavy atom. The Morgan fingerprint density at radius 2 is 1.73 bits per heavy atom. The van der Waals surface area contributed by atoms with Gasteiger partial charge in [-0.1, -0.05) is 87.0 Å². The number of para-hydroxylation sites is 1. The summed E-state index contributed by atoms with van der Waals surface area (Å²) in [7, 11) is 0. The SMILES string of the molecule is CCC(C)[C@H](NC(=O)[C@@H]1Cc2c([nH]c3ccccc23)C2c3ccccc3C(=O)N21)C(=O)NCCc1ccccc1. The highest BCUT2D eigenvalue weighted by molar-refractivity contribution is 6.04. The molecule has 4 atom stereocenters. The molecule has 3 N–H and O–H groups in total. The Balaban J connectivity index is 1.28. The van der Waals surface area contributed by atoms with Crippen LogP contribution in [0.2, 0.25) is 0 Å². The molecule has 7 heteroatoms. The molecule has 40 heavy (non-hydrogen) atoms. The number of amides is 3. The first-order valence-corrected chi connectivity index (χ1v) is 14.1. The second-order valence-electron chi connectivity index (χ2n) is 10.9. The lowest BCUT2D eigenvalue weighted by atomic mass is 9.89. The number of carbonyl (C=O) groups excluding carboxylic acids is 3. The van der Waals surface area contributed by atoms with Gasteiger partial charge in [0, 0.05) is 35.1 Å². The van der Waals surface area contributed by atoms with E-state index in [1.807, 2.05) is 86.6 Å². The summed E-state index contributed by atoms with van der Waals surface area (Å²) in [5, 5.41) is 7.14. The number of aromatic amines is 1. The van der Waals surface area contributed by atoms with Crippen LogP contribution in [-0.4, -0.2) is 46.2 Å². The first-order valence-electron chi connectivity index (χ1n) is 14.1. The molecule has 204 valence electrons. The summed E-state index contributed by atoms with van der Waals surface area (Å²) < 4.78 is 0. The second-order valence-corrected chi connectivity index (χ2v) is 10.9. The van der Waals surface area contributed by atoms with Crippen molar-refractivity contribution in [3.63, 3.8) is 0 Å². The zero-order chi connectivity index (χ0) is 27.8. The van der Waals surface area contributed by atoms with Gasteiger partial charge in [-0.25, -0.2) is 0 Å². The van der Waals surface area contributed by atoms with Gasteiger partial charge < -0.3 is 20.5 Å². The van der Waals surface area contributed by atoms with E-state index in [1.54, 1.807) is 4.90 Å². The summed E-state index contributed by atoms with van der Waals surface area (Å²) in [4.78, 5) is 46.3. The molecule has 0 spiro atoms. The van der Waals surface area contributed by atoms with E-state index in [0.717, 1.165) is 39.7 Å². The fourth-order valence-corrected chi connectivity index (χ4v) is 6.17. The molecule has 6 rings (SSSR count). The van der Waals surface area contributed by atoms with Crippen molar-refractivity contribution in [2.45, 2.75) is 51.2 Å². The quantitative estimate of drug-likeness (QED) is 0.310. The third-order valence-corrected chi connectivity index (χ3v) is 8.50. The number of fused-ring (bicyclic) bond motifs is 7. The molecule has 0 saturated carbocycles. The van der Waals surface area contributed by atoms with Crippen molar-refractivity contribution >= 4 is 28.6 Å². The minimum atomic E-state index is -0.736. The molecule has 0 bridgehead atoms. The van der Waals surface area contributed by atoms with Gasteiger partial charge in [-0.05, 0) is 41.2 Å². The van der Waals surface area contributed by atoms with Crippen LogP contribution in [0.5, 0.6) is 0 Å². The fraction of sp³-hybridized carbons (Fsp3) is 0.303. The van der Waals surface area contributed by atoms with Crippen LogP contribution in [0.4, 0.5) is 0 Å². The lowest BCUT2D eigenvalue weighted by molar-refractivity contribution is -0.133. The number of aromatic nitrogens is 1. The first kappa shape index (κ1) is 25.9. The van der Waals surface area contributed by atoms with Crippen LogP contribution in [0.15, 0.2) is 78.9 Å². The number of hydrogen-bond acceptors (Lipinski definition) is 3. The van der Waals surface area contributed by atoms with Gasteiger partial charge in [0.2, 0.25) is 11.8 Å². The number of benzene rings is 3.